The fourth-order valence-electron chi connectivity index (χ4n) is 1.53. The third-order valence-electron chi connectivity index (χ3n) is 2.61. The summed E-state index contributed by atoms with van der Waals surface area (Å²) in [7, 11) is 0. The summed E-state index contributed by atoms with van der Waals surface area (Å²) in [5, 5.41) is 3.23. The van der Waals surface area contributed by atoms with Gasteiger partial charge >= 0.3 is 0 Å². The Morgan fingerprint density at radius 1 is 1.19 bits per heavy atom. The molecule has 0 atom stereocenters. The molecule has 0 aliphatic rings. The SMILES string of the molecule is CCN(CC)CCCNc1ncc(C)cn1. The smallest absolute Gasteiger partial charge is 0.222 e. The van der Waals surface area contributed by atoms with Crippen molar-refractivity contribution < 1.29 is 0 Å². The Kier molecular flexibility index (Phi) is 5.78. The van der Waals surface area contributed by atoms with Crippen molar-refractivity contribution in [2.24, 2.45) is 0 Å². The van der Waals surface area contributed by atoms with Gasteiger partial charge < -0.3 is 10.2 Å². The molecule has 0 aliphatic carbocycles. The van der Waals surface area contributed by atoms with Crippen molar-refractivity contribution in [1.29, 1.82) is 0 Å². The van der Waals surface area contributed by atoms with E-state index >= 15 is 0 Å². The van der Waals surface area contributed by atoms with Crippen LogP contribution in [0.1, 0.15) is 25.8 Å². The number of hydrogen-bond donors (Lipinski definition) is 1. The first-order valence-corrected chi connectivity index (χ1v) is 6.01. The number of nitrogens with one attached hydrogen (secondary N) is 1. The van der Waals surface area contributed by atoms with Crippen molar-refractivity contribution in [3.05, 3.63) is 18.0 Å². The number of rotatable bonds is 7. The maximum absolute atomic E-state index is 4.20. The minimum Gasteiger partial charge on any atom is -0.354 e. The predicted molar refractivity (Wildman–Crippen MR) is 67.7 cm³/mol. The Bertz CT molecular complexity index is 280. The van der Waals surface area contributed by atoms with Gasteiger partial charge in [-0.05, 0) is 38.5 Å². The van der Waals surface area contributed by atoms with E-state index in [1.807, 2.05) is 19.3 Å². The van der Waals surface area contributed by atoms with Crippen molar-refractivity contribution in [3.63, 3.8) is 0 Å². The van der Waals surface area contributed by atoms with E-state index in [4.69, 9.17) is 0 Å². The highest BCUT2D eigenvalue weighted by molar-refractivity contribution is 5.23. The third-order valence-corrected chi connectivity index (χ3v) is 2.61. The molecule has 0 bridgehead atoms. The Hall–Kier alpha value is -1.16. The molecule has 1 heterocycles. The largest absolute Gasteiger partial charge is 0.354 e. The molecule has 1 aromatic rings. The van der Waals surface area contributed by atoms with E-state index in [9.17, 15) is 0 Å². The molecule has 90 valence electrons. The molecule has 0 saturated heterocycles. The number of anilines is 1. The Morgan fingerprint density at radius 2 is 1.81 bits per heavy atom. The van der Waals surface area contributed by atoms with Crippen LogP contribution < -0.4 is 5.32 Å². The highest BCUT2D eigenvalue weighted by Crippen LogP contribution is 1.98. The molecule has 0 amide bonds. The Morgan fingerprint density at radius 3 is 2.38 bits per heavy atom. The normalized spacial score (nSPS) is 10.8. The molecule has 0 saturated carbocycles. The maximum Gasteiger partial charge on any atom is 0.222 e. The van der Waals surface area contributed by atoms with E-state index in [-0.39, 0.29) is 0 Å². The predicted octanol–water partition coefficient (Wildman–Crippen LogP) is 1.93. The summed E-state index contributed by atoms with van der Waals surface area (Å²) in [6, 6.07) is 0. The zero-order chi connectivity index (χ0) is 11.8. The van der Waals surface area contributed by atoms with Crippen molar-refractivity contribution in [1.82, 2.24) is 14.9 Å². The van der Waals surface area contributed by atoms with Crippen LogP contribution in [0, 0.1) is 6.92 Å². The van der Waals surface area contributed by atoms with E-state index in [1.54, 1.807) is 0 Å². The van der Waals surface area contributed by atoms with E-state index in [0.29, 0.717) is 0 Å². The molecule has 1 aromatic heterocycles. The Balaban J connectivity index is 2.18. The van der Waals surface area contributed by atoms with Crippen molar-refractivity contribution >= 4 is 5.95 Å². The summed E-state index contributed by atoms with van der Waals surface area (Å²) in [6.07, 6.45) is 4.79. The third kappa shape index (κ3) is 4.57. The van der Waals surface area contributed by atoms with E-state index in [0.717, 1.165) is 44.1 Å². The molecular formula is C12H22N4. The first kappa shape index (κ1) is 12.9. The van der Waals surface area contributed by atoms with Crippen LogP contribution in [0.4, 0.5) is 5.95 Å². The Labute approximate surface area is 98.1 Å². The summed E-state index contributed by atoms with van der Waals surface area (Å²) in [5.41, 5.74) is 1.09. The standard InChI is InChI=1S/C12H22N4/c1-4-16(5-2)8-6-7-13-12-14-9-11(3)10-15-12/h9-10H,4-8H2,1-3H3,(H,13,14,15). The lowest BCUT2D eigenvalue weighted by Crippen LogP contribution is -2.25. The van der Waals surface area contributed by atoms with Gasteiger partial charge in [0, 0.05) is 18.9 Å². The maximum atomic E-state index is 4.20. The summed E-state index contributed by atoms with van der Waals surface area (Å²) < 4.78 is 0. The zero-order valence-electron chi connectivity index (χ0n) is 10.5. The van der Waals surface area contributed by atoms with Gasteiger partial charge in [0.25, 0.3) is 0 Å². The van der Waals surface area contributed by atoms with Crippen LogP contribution in [0.25, 0.3) is 0 Å². The minimum atomic E-state index is 0.727. The monoisotopic (exact) mass is 222 g/mol. The lowest BCUT2D eigenvalue weighted by molar-refractivity contribution is 0.303. The summed E-state index contributed by atoms with van der Waals surface area (Å²) in [5.74, 6) is 0.727. The summed E-state index contributed by atoms with van der Waals surface area (Å²) >= 11 is 0. The molecule has 1 N–H and O–H groups in total. The molecule has 1 rings (SSSR count). The van der Waals surface area contributed by atoms with Crippen LogP contribution in [0.2, 0.25) is 0 Å². The van der Waals surface area contributed by atoms with Gasteiger partial charge in [0.15, 0.2) is 0 Å². The second-order valence-electron chi connectivity index (χ2n) is 3.89. The van der Waals surface area contributed by atoms with Gasteiger partial charge in [-0.2, -0.15) is 0 Å². The van der Waals surface area contributed by atoms with Gasteiger partial charge in [-0.1, -0.05) is 13.8 Å². The van der Waals surface area contributed by atoms with Crippen LogP contribution in [-0.2, 0) is 0 Å². The molecule has 0 aliphatic heterocycles. The average molecular weight is 222 g/mol. The number of aryl methyl sites for hydroxylation is 1. The van der Waals surface area contributed by atoms with Gasteiger partial charge in [0.05, 0.1) is 0 Å². The minimum absolute atomic E-state index is 0.727. The molecule has 0 aromatic carbocycles. The van der Waals surface area contributed by atoms with Gasteiger partial charge in [-0.3, -0.25) is 0 Å². The molecular weight excluding hydrogens is 200 g/mol. The quantitative estimate of drug-likeness (QED) is 0.716. The van der Waals surface area contributed by atoms with Gasteiger partial charge in [-0.25, -0.2) is 9.97 Å². The fraction of sp³-hybridized carbons (Fsp3) is 0.667. The summed E-state index contributed by atoms with van der Waals surface area (Å²) in [4.78, 5) is 10.8. The topological polar surface area (TPSA) is 41.0 Å². The summed E-state index contributed by atoms with van der Waals surface area (Å²) in [6.45, 7) is 10.7. The number of hydrogen-bond acceptors (Lipinski definition) is 4. The number of aromatic nitrogens is 2. The lowest BCUT2D eigenvalue weighted by atomic mass is 10.3. The second kappa shape index (κ2) is 7.17. The fourth-order valence-corrected chi connectivity index (χ4v) is 1.53. The van der Waals surface area contributed by atoms with Crippen LogP contribution in [0.15, 0.2) is 12.4 Å². The highest BCUT2D eigenvalue weighted by atomic mass is 15.1. The first-order valence-electron chi connectivity index (χ1n) is 6.01. The van der Waals surface area contributed by atoms with Crippen molar-refractivity contribution in [2.75, 3.05) is 31.5 Å². The van der Waals surface area contributed by atoms with Crippen LogP contribution in [0.5, 0.6) is 0 Å². The van der Waals surface area contributed by atoms with Crippen LogP contribution in [-0.4, -0.2) is 41.0 Å². The average Bonchev–Trinajstić information content (AvgIpc) is 2.32. The molecule has 0 spiro atoms. The second-order valence-corrected chi connectivity index (χ2v) is 3.89. The molecule has 4 heteroatoms. The van der Waals surface area contributed by atoms with E-state index < -0.39 is 0 Å². The van der Waals surface area contributed by atoms with Crippen molar-refractivity contribution in [3.8, 4) is 0 Å². The van der Waals surface area contributed by atoms with Gasteiger partial charge in [0.1, 0.15) is 0 Å². The lowest BCUT2D eigenvalue weighted by Gasteiger charge is -2.17. The van der Waals surface area contributed by atoms with E-state index in [2.05, 4.69) is 34.0 Å². The molecule has 4 nitrogen and oxygen atoms in total. The van der Waals surface area contributed by atoms with Gasteiger partial charge in [-0.15, -0.1) is 0 Å². The van der Waals surface area contributed by atoms with Crippen LogP contribution >= 0.6 is 0 Å². The molecule has 16 heavy (non-hydrogen) atoms. The van der Waals surface area contributed by atoms with Crippen molar-refractivity contribution in [2.45, 2.75) is 27.2 Å². The van der Waals surface area contributed by atoms with Gasteiger partial charge in [0.2, 0.25) is 5.95 Å². The molecule has 0 radical (unpaired) electrons. The number of nitrogens with zero attached hydrogens (tertiary/aromatic N) is 3. The first-order chi connectivity index (χ1) is 7.76. The van der Waals surface area contributed by atoms with E-state index in [1.165, 1.54) is 0 Å². The highest BCUT2D eigenvalue weighted by Gasteiger charge is 1.98. The molecule has 0 fully saturated rings. The molecule has 0 unspecified atom stereocenters. The zero-order valence-corrected chi connectivity index (χ0v) is 10.5. The van der Waals surface area contributed by atoms with Crippen LogP contribution in [0.3, 0.4) is 0 Å².